The third kappa shape index (κ3) is 2.86. The summed E-state index contributed by atoms with van der Waals surface area (Å²) in [4.78, 5) is 34.2. The average molecular weight is 368 g/mol. The van der Waals surface area contributed by atoms with Gasteiger partial charge in [-0.05, 0) is 6.92 Å². The Kier molecular flexibility index (Phi) is 3.90. The Bertz CT molecular complexity index is 1080. The van der Waals surface area contributed by atoms with Gasteiger partial charge in [0, 0.05) is 22.5 Å². The highest BCUT2D eigenvalue weighted by atomic mass is 32.1. The predicted molar refractivity (Wildman–Crippen MR) is 98.3 cm³/mol. The fourth-order valence-corrected chi connectivity index (χ4v) is 3.98. The first-order valence-corrected chi connectivity index (χ1v) is 9.18. The number of aromatic nitrogens is 3. The maximum absolute atomic E-state index is 12.5. The zero-order chi connectivity index (χ0) is 17.4. The number of fused-ring (bicyclic) bond motifs is 1. The minimum atomic E-state index is -0.718. The Labute approximate surface area is 150 Å². The molecule has 3 aromatic heterocycles. The van der Waals surface area contributed by atoms with Crippen molar-refractivity contribution < 1.29 is 9.59 Å². The van der Waals surface area contributed by atoms with Crippen LogP contribution in [-0.2, 0) is 4.79 Å². The molecule has 124 valence electrons. The summed E-state index contributed by atoms with van der Waals surface area (Å²) in [5.41, 5.74) is 2.54. The van der Waals surface area contributed by atoms with Gasteiger partial charge in [-0.25, -0.2) is 9.97 Å². The molecule has 4 aromatic rings. The van der Waals surface area contributed by atoms with E-state index in [0.29, 0.717) is 15.8 Å². The molecule has 0 atom stereocenters. The molecule has 0 saturated carbocycles. The van der Waals surface area contributed by atoms with E-state index in [1.165, 1.54) is 22.7 Å². The predicted octanol–water partition coefficient (Wildman–Crippen LogP) is 3.65. The van der Waals surface area contributed by atoms with E-state index < -0.39 is 11.7 Å². The zero-order valence-electron chi connectivity index (χ0n) is 13.1. The summed E-state index contributed by atoms with van der Waals surface area (Å²) in [7, 11) is 0. The Morgan fingerprint density at radius 3 is 2.72 bits per heavy atom. The van der Waals surface area contributed by atoms with Crippen molar-refractivity contribution in [1.82, 2.24) is 14.4 Å². The molecule has 0 aliphatic carbocycles. The zero-order valence-corrected chi connectivity index (χ0v) is 14.7. The summed E-state index contributed by atoms with van der Waals surface area (Å²) in [5.74, 6) is -1.34. The van der Waals surface area contributed by atoms with Crippen LogP contribution in [0.4, 0.5) is 5.13 Å². The van der Waals surface area contributed by atoms with Gasteiger partial charge in [0.25, 0.3) is 11.7 Å². The number of nitrogens with zero attached hydrogens (tertiary/aromatic N) is 3. The van der Waals surface area contributed by atoms with Crippen LogP contribution in [0.3, 0.4) is 0 Å². The van der Waals surface area contributed by atoms with Crippen LogP contribution in [-0.4, -0.2) is 26.1 Å². The van der Waals surface area contributed by atoms with Gasteiger partial charge in [-0.15, -0.1) is 22.7 Å². The van der Waals surface area contributed by atoms with Gasteiger partial charge in [0.15, 0.2) is 10.1 Å². The fourth-order valence-electron chi connectivity index (χ4n) is 2.50. The van der Waals surface area contributed by atoms with Gasteiger partial charge in [0.2, 0.25) is 0 Å². The number of nitrogens with one attached hydrogen (secondary N) is 1. The van der Waals surface area contributed by atoms with Gasteiger partial charge in [0.05, 0.1) is 11.4 Å². The van der Waals surface area contributed by atoms with Crippen molar-refractivity contribution in [2.45, 2.75) is 6.92 Å². The lowest BCUT2D eigenvalue weighted by Gasteiger charge is -2.01. The quantitative estimate of drug-likeness (QED) is 0.441. The number of amides is 1. The van der Waals surface area contributed by atoms with E-state index in [0.717, 1.165) is 11.3 Å². The minimum Gasteiger partial charge on any atom is -0.295 e. The number of thiazole rings is 2. The summed E-state index contributed by atoms with van der Waals surface area (Å²) < 4.78 is 1.64. The number of anilines is 1. The second-order valence-electron chi connectivity index (χ2n) is 5.29. The molecule has 0 spiro atoms. The first kappa shape index (κ1) is 15.7. The molecule has 3 heterocycles. The molecule has 1 N–H and O–H groups in total. The second-order valence-corrected chi connectivity index (χ2v) is 7.02. The number of rotatable bonds is 4. The number of aryl methyl sites for hydroxylation is 1. The van der Waals surface area contributed by atoms with E-state index in [2.05, 4.69) is 15.3 Å². The molecule has 6 nitrogen and oxygen atoms in total. The molecule has 0 unspecified atom stereocenters. The Hall–Kier alpha value is -2.84. The first-order chi connectivity index (χ1) is 12.1. The molecular formula is C17H12N4O2S2. The maximum Gasteiger partial charge on any atom is 0.300 e. The van der Waals surface area contributed by atoms with Crippen molar-refractivity contribution in [1.29, 1.82) is 0 Å². The molecule has 0 fully saturated rings. The van der Waals surface area contributed by atoms with Crippen LogP contribution in [0.1, 0.15) is 16.2 Å². The van der Waals surface area contributed by atoms with Crippen LogP contribution in [0, 0.1) is 6.92 Å². The normalized spacial score (nSPS) is 10.9. The van der Waals surface area contributed by atoms with Gasteiger partial charge in [-0.1, -0.05) is 30.3 Å². The summed E-state index contributed by atoms with van der Waals surface area (Å²) in [6, 6.07) is 9.65. The van der Waals surface area contributed by atoms with Crippen molar-refractivity contribution in [3.8, 4) is 11.3 Å². The van der Waals surface area contributed by atoms with Crippen LogP contribution >= 0.6 is 22.7 Å². The Morgan fingerprint density at radius 2 is 1.92 bits per heavy atom. The number of hydrogen-bond acceptors (Lipinski definition) is 6. The molecule has 0 aliphatic rings. The molecule has 4 rings (SSSR count). The number of imidazole rings is 1. The first-order valence-electron chi connectivity index (χ1n) is 7.42. The molecule has 0 saturated heterocycles. The Morgan fingerprint density at radius 1 is 1.12 bits per heavy atom. The van der Waals surface area contributed by atoms with E-state index in [4.69, 9.17) is 0 Å². The molecule has 1 amide bonds. The smallest absolute Gasteiger partial charge is 0.295 e. The minimum absolute atomic E-state index is 0.286. The summed E-state index contributed by atoms with van der Waals surface area (Å²) in [6.45, 7) is 1.72. The highest BCUT2D eigenvalue weighted by Gasteiger charge is 2.24. The standard InChI is InChI=1S/C17H12N4O2S2/c1-10-13(21-7-8-24-17(21)18-10)14(22)15(23)20-16-19-12(9-25-16)11-5-3-2-4-6-11/h2-9H,1H3,(H,19,20,23). The number of ketones is 1. The lowest BCUT2D eigenvalue weighted by Crippen LogP contribution is -2.24. The van der Waals surface area contributed by atoms with Crippen molar-refractivity contribution in [3.05, 3.63) is 58.7 Å². The van der Waals surface area contributed by atoms with E-state index in [1.54, 1.807) is 17.5 Å². The molecule has 1 aromatic carbocycles. The number of carbonyl (C=O) groups excluding carboxylic acids is 2. The van der Waals surface area contributed by atoms with Crippen LogP contribution < -0.4 is 5.32 Å². The molecule has 0 bridgehead atoms. The third-order valence-corrected chi connectivity index (χ3v) is 5.17. The van der Waals surface area contributed by atoms with Gasteiger partial charge >= 0.3 is 0 Å². The number of benzene rings is 1. The summed E-state index contributed by atoms with van der Waals surface area (Å²) in [5, 5.41) is 6.64. The van der Waals surface area contributed by atoms with E-state index in [1.807, 2.05) is 41.1 Å². The summed E-state index contributed by atoms with van der Waals surface area (Å²) >= 11 is 2.70. The van der Waals surface area contributed by atoms with E-state index in [-0.39, 0.29) is 5.69 Å². The van der Waals surface area contributed by atoms with Crippen molar-refractivity contribution >= 4 is 44.5 Å². The van der Waals surface area contributed by atoms with Gasteiger partial charge in [-0.3, -0.25) is 19.3 Å². The van der Waals surface area contributed by atoms with Gasteiger partial charge < -0.3 is 0 Å². The van der Waals surface area contributed by atoms with Crippen molar-refractivity contribution in [3.63, 3.8) is 0 Å². The molecule has 0 aliphatic heterocycles. The Balaban J connectivity index is 1.56. The number of hydrogen-bond donors (Lipinski definition) is 1. The fraction of sp³-hybridized carbons (Fsp3) is 0.0588. The van der Waals surface area contributed by atoms with Crippen LogP contribution in [0.5, 0.6) is 0 Å². The lowest BCUT2D eigenvalue weighted by atomic mass is 10.2. The second kappa shape index (κ2) is 6.23. The van der Waals surface area contributed by atoms with Crippen LogP contribution in [0.15, 0.2) is 47.3 Å². The monoisotopic (exact) mass is 368 g/mol. The highest BCUT2D eigenvalue weighted by Crippen LogP contribution is 2.25. The topological polar surface area (TPSA) is 76.4 Å². The molecule has 0 radical (unpaired) electrons. The SMILES string of the molecule is Cc1nc2sccn2c1C(=O)C(=O)Nc1nc(-c2ccccc2)cs1. The van der Waals surface area contributed by atoms with E-state index >= 15 is 0 Å². The highest BCUT2D eigenvalue weighted by molar-refractivity contribution is 7.15. The maximum atomic E-state index is 12.5. The van der Waals surface area contributed by atoms with E-state index in [9.17, 15) is 9.59 Å². The lowest BCUT2D eigenvalue weighted by molar-refractivity contribution is -0.112. The molecule has 25 heavy (non-hydrogen) atoms. The molecule has 8 heteroatoms. The summed E-state index contributed by atoms with van der Waals surface area (Å²) in [6.07, 6.45) is 1.73. The number of Topliss-reactive ketones (excluding diaryl/α,β-unsaturated/α-hetero) is 1. The largest absolute Gasteiger partial charge is 0.300 e. The van der Waals surface area contributed by atoms with Crippen molar-refractivity contribution in [2.75, 3.05) is 5.32 Å². The van der Waals surface area contributed by atoms with Crippen molar-refractivity contribution in [2.24, 2.45) is 0 Å². The average Bonchev–Trinajstić information content (AvgIpc) is 3.31. The third-order valence-electron chi connectivity index (χ3n) is 3.65. The van der Waals surface area contributed by atoms with Gasteiger partial charge in [-0.2, -0.15) is 0 Å². The van der Waals surface area contributed by atoms with Crippen LogP contribution in [0.2, 0.25) is 0 Å². The van der Waals surface area contributed by atoms with Gasteiger partial charge in [0.1, 0.15) is 5.69 Å². The molecular weight excluding hydrogens is 356 g/mol. The number of carbonyl (C=O) groups is 2. The van der Waals surface area contributed by atoms with Crippen LogP contribution in [0.25, 0.3) is 16.2 Å².